The molecule has 0 fully saturated rings. The van der Waals surface area contributed by atoms with Crippen molar-refractivity contribution < 1.29 is 29.7 Å². The molecule has 0 bridgehead atoms. The molecule has 34 heavy (non-hydrogen) atoms. The summed E-state index contributed by atoms with van der Waals surface area (Å²) in [5.41, 5.74) is 1.25. The van der Waals surface area contributed by atoms with Crippen LogP contribution < -0.4 is 20.5 Å². The van der Waals surface area contributed by atoms with Gasteiger partial charge in [0.1, 0.15) is 7.05 Å². The summed E-state index contributed by atoms with van der Waals surface area (Å²) < 4.78 is 61.3. The molecule has 180 valence electrons. The van der Waals surface area contributed by atoms with Gasteiger partial charge in [0.2, 0.25) is 0 Å². The van der Waals surface area contributed by atoms with Crippen LogP contribution in [0.15, 0.2) is 116 Å². The Labute approximate surface area is 194 Å². The van der Waals surface area contributed by atoms with Crippen LogP contribution in [0.1, 0.15) is 5.56 Å². The Morgan fingerprint density at radius 1 is 0.559 bits per heavy atom. The van der Waals surface area contributed by atoms with Crippen LogP contribution in [0.3, 0.4) is 0 Å². The number of halogens is 6. The van der Waals surface area contributed by atoms with Gasteiger partial charge in [0.05, 0.1) is 0 Å². The molecule has 0 atom stereocenters. The average Bonchev–Trinajstić information content (AvgIpc) is 2.78. The van der Waals surface area contributed by atoms with Crippen LogP contribution in [-0.2, 0) is 7.05 Å². The Kier molecular flexibility index (Phi) is 6.85. The van der Waals surface area contributed by atoms with Crippen LogP contribution in [0, 0.1) is 0 Å². The summed E-state index contributed by atoms with van der Waals surface area (Å²) in [7, 11) is -8.60. The molecule has 0 amide bonds. The number of hydrogen-bond acceptors (Lipinski definition) is 0. The number of pyridine rings is 1. The number of benzene rings is 3. The van der Waals surface area contributed by atoms with E-state index in [0.717, 1.165) is 0 Å². The second-order valence-electron chi connectivity index (χ2n) is 7.61. The monoisotopic (exact) mass is 513 g/mol. The van der Waals surface area contributed by atoms with Gasteiger partial charge in [-0.3, -0.25) is 0 Å². The molecule has 1 heterocycles. The molecule has 0 N–H and O–H groups in total. The van der Waals surface area contributed by atoms with E-state index < -0.39 is 14.7 Å². The maximum atomic E-state index is 9.87. The molecular formula is C25H23F6NP2. The minimum atomic E-state index is -10.7. The van der Waals surface area contributed by atoms with E-state index in [9.17, 15) is 25.2 Å². The van der Waals surface area contributed by atoms with Crippen molar-refractivity contribution in [2.45, 2.75) is 0 Å². The predicted octanol–water partition coefficient (Wildman–Crippen LogP) is 7.04. The molecule has 0 unspecified atom stereocenters. The van der Waals surface area contributed by atoms with E-state index in [2.05, 4.69) is 133 Å². The Balaban J connectivity index is 0.000000406. The molecule has 0 aliphatic carbocycles. The zero-order valence-corrected chi connectivity index (χ0v) is 19.9. The topological polar surface area (TPSA) is 3.88 Å². The van der Waals surface area contributed by atoms with Crippen LogP contribution in [-0.4, -0.2) is 5.80 Å². The third-order valence-corrected chi connectivity index (χ3v) is 8.86. The quantitative estimate of drug-likeness (QED) is 0.157. The first-order valence-electron chi connectivity index (χ1n) is 10.2. The third kappa shape index (κ3) is 7.86. The predicted molar refractivity (Wildman–Crippen MR) is 132 cm³/mol. The van der Waals surface area contributed by atoms with Gasteiger partial charge < -0.3 is 0 Å². The molecule has 0 spiro atoms. The summed E-state index contributed by atoms with van der Waals surface area (Å²) >= 11 is 0. The van der Waals surface area contributed by atoms with Gasteiger partial charge in [-0.25, -0.2) is 4.57 Å². The number of aryl methyl sites for hydroxylation is 1. The number of nitrogens with zero attached hydrogens (tertiary/aromatic N) is 1. The normalized spacial score (nSPS) is 13.6. The molecule has 1 aromatic heterocycles. The van der Waals surface area contributed by atoms with Crippen LogP contribution >= 0.6 is 14.7 Å². The van der Waals surface area contributed by atoms with Crippen molar-refractivity contribution in [2.75, 3.05) is 0 Å². The Morgan fingerprint density at radius 3 is 1.15 bits per heavy atom. The van der Waals surface area contributed by atoms with Gasteiger partial charge in [0.15, 0.2) is 12.4 Å². The summed E-state index contributed by atoms with van der Waals surface area (Å²) in [5, 5.41) is 4.11. The Morgan fingerprint density at radius 2 is 0.853 bits per heavy atom. The van der Waals surface area contributed by atoms with Crippen LogP contribution in [0.5, 0.6) is 0 Å². The van der Waals surface area contributed by atoms with Gasteiger partial charge in [-0.1, -0.05) is 91.0 Å². The van der Waals surface area contributed by atoms with E-state index in [1.54, 1.807) is 0 Å². The van der Waals surface area contributed by atoms with Crippen LogP contribution in [0.4, 0.5) is 25.2 Å². The molecule has 0 radical (unpaired) electrons. The second kappa shape index (κ2) is 9.05. The fourth-order valence-electron chi connectivity index (χ4n) is 3.48. The van der Waals surface area contributed by atoms with Gasteiger partial charge in [-0.2, -0.15) is 0 Å². The van der Waals surface area contributed by atoms with Crippen molar-refractivity contribution in [3.05, 3.63) is 121 Å². The summed E-state index contributed by atoms with van der Waals surface area (Å²) in [6.45, 7) is -1.92. The number of aromatic nitrogens is 1. The second-order valence-corrected chi connectivity index (χ2v) is 12.8. The van der Waals surface area contributed by atoms with Crippen molar-refractivity contribution >= 4 is 36.4 Å². The zero-order chi connectivity index (χ0) is 24.9. The maximum absolute atomic E-state index is 10.7. The number of rotatable bonds is 4. The van der Waals surface area contributed by atoms with Gasteiger partial charge in [-0.15, -0.1) is 0 Å². The zero-order valence-electron chi connectivity index (χ0n) is 18.2. The summed E-state index contributed by atoms with van der Waals surface area (Å²) in [6, 6.07) is 37.2. The van der Waals surface area contributed by atoms with Crippen molar-refractivity contribution in [3.63, 3.8) is 0 Å². The Bertz CT molecular complexity index is 1160. The van der Waals surface area contributed by atoms with Crippen LogP contribution in [0.25, 0.3) is 0 Å². The minimum absolute atomic E-state index is 1.25. The van der Waals surface area contributed by atoms with E-state index >= 15 is 0 Å². The summed E-state index contributed by atoms with van der Waals surface area (Å²) in [6.07, 6.45) is 4.23. The van der Waals surface area contributed by atoms with Crippen molar-refractivity contribution in [3.8, 4) is 0 Å². The third-order valence-electron chi connectivity index (χ3n) is 4.84. The van der Waals surface area contributed by atoms with Gasteiger partial charge >= 0.3 is 33.0 Å². The fraction of sp³-hybridized carbons (Fsp3) is 0.0400. The van der Waals surface area contributed by atoms with E-state index in [-0.39, 0.29) is 0 Å². The molecule has 0 aliphatic rings. The molecule has 0 saturated carbocycles. The van der Waals surface area contributed by atoms with E-state index in [1.165, 1.54) is 21.5 Å². The molecule has 0 saturated heterocycles. The Hall–Kier alpha value is -2.88. The molecule has 0 aliphatic heterocycles. The SMILES string of the molecule is C[n+]1ccc(C=P(c2ccccc2)(c2ccccc2)c2ccccc2)cc1.F[P-](F)(F)(F)(F)F. The molecule has 4 rings (SSSR count). The fourth-order valence-corrected chi connectivity index (χ4v) is 7.37. The molecule has 4 aromatic rings. The first-order chi connectivity index (χ1) is 15.7. The van der Waals surface area contributed by atoms with E-state index in [0.29, 0.717) is 0 Å². The van der Waals surface area contributed by atoms with E-state index in [1.807, 2.05) is 0 Å². The van der Waals surface area contributed by atoms with Crippen LogP contribution in [0.2, 0.25) is 0 Å². The average molecular weight is 513 g/mol. The molecule has 1 nitrogen and oxygen atoms in total. The van der Waals surface area contributed by atoms with Gasteiger partial charge in [0, 0.05) is 12.1 Å². The van der Waals surface area contributed by atoms with Crippen molar-refractivity contribution in [2.24, 2.45) is 7.05 Å². The summed E-state index contributed by atoms with van der Waals surface area (Å²) in [5.74, 6) is 2.49. The van der Waals surface area contributed by atoms with Crippen molar-refractivity contribution in [1.82, 2.24) is 0 Å². The van der Waals surface area contributed by atoms with Gasteiger partial charge in [0.25, 0.3) is 0 Å². The van der Waals surface area contributed by atoms with E-state index in [4.69, 9.17) is 0 Å². The molecule has 3 aromatic carbocycles. The van der Waals surface area contributed by atoms with Gasteiger partial charge in [-0.05, 0) is 34.2 Å². The standard InChI is InChI=1S/C25H23NP.F6P/c1-26-19-17-22(18-20-26)21-27(23-11-5-2-6-12-23,24-13-7-3-8-14-24)25-15-9-4-10-16-25;1-7(2,3,4,5)6/h2-21H,1H3;/q+1;-1. The van der Waals surface area contributed by atoms with Crippen molar-refractivity contribution in [1.29, 1.82) is 0 Å². The summed E-state index contributed by atoms with van der Waals surface area (Å²) in [4.78, 5) is 0. The number of hydrogen-bond donors (Lipinski definition) is 0. The molecular weight excluding hydrogens is 490 g/mol. The first-order valence-corrected chi connectivity index (χ1v) is 14.1. The first kappa shape index (κ1) is 25.7. The molecule has 9 heteroatoms.